The fraction of sp³-hybridized carbons (Fsp3) is 0.655. The summed E-state index contributed by atoms with van der Waals surface area (Å²) in [5.74, 6) is -1.24. The van der Waals surface area contributed by atoms with E-state index >= 15 is 0 Å². The lowest BCUT2D eigenvalue weighted by atomic mass is 10.0. The number of rotatable bonds is 18. The van der Waals surface area contributed by atoms with Gasteiger partial charge in [0.25, 0.3) is 0 Å². The smallest absolute Gasteiger partial charge is 0.468 e. The number of benzene rings is 1. The summed E-state index contributed by atoms with van der Waals surface area (Å²) in [5, 5.41) is 3.05. The quantitative estimate of drug-likeness (QED) is 0.106. The zero-order valence-electron chi connectivity index (χ0n) is 24.6. The molecule has 0 spiro atoms. The fourth-order valence-electron chi connectivity index (χ4n) is 3.40. The Kier molecular flexibility index (Phi) is 17.1. The molecule has 2 atom stereocenters. The summed E-state index contributed by atoms with van der Waals surface area (Å²) in [4.78, 5) is 48.8. The predicted molar refractivity (Wildman–Crippen MR) is 147 cm³/mol. The van der Waals surface area contributed by atoms with E-state index in [1.165, 1.54) is 19.2 Å². The third kappa shape index (κ3) is 14.2. The van der Waals surface area contributed by atoms with E-state index in [0.29, 0.717) is 18.4 Å². The molecule has 0 heterocycles. The lowest BCUT2D eigenvalue weighted by Gasteiger charge is -2.21. The standard InChI is InChI=1S/C29H45NO10/c1-7-9-11-15-36-28(33)39-24-14-13-22(18-25(24)40-29(34)37-16-12-10-8-2)17-23(27(32)35-6)30-19-21(5)38-26(31)20(3)4/h13-14,18,20-21,23,30H,7-12,15-17,19H2,1-6H3/t21?,23-/m0/s1. The van der Waals surface area contributed by atoms with Crippen LogP contribution in [-0.4, -0.2) is 63.3 Å². The van der Waals surface area contributed by atoms with Crippen molar-refractivity contribution in [3.63, 3.8) is 0 Å². The van der Waals surface area contributed by atoms with Crippen molar-refractivity contribution in [2.45, 2.75) is 91.7 Å². The topological polar surface area (TPSA) is 136 Å². The zero-order valence-corrected chi connectivity index (χ0v) is 24.6. The van der Waals surface area contributed by atoms with Crippen molar-refractivity contribution in [3.8, 4) is 11.5 Å². The number of carbonyl (C=O) groups is 4. The van der Waals surface area contributed by atoms with Gasteiger partial charge in [-0.15, -0.1) is 0 Å². The number of hydrogen-bond donors (Lipinski definition) is 1. The zero-order chi connectivity index (χ0) is 29.9. The molecule has 1 rings (SSSR count). The van der Waals surface area contributed by atoms with Gasteiger partial charge in [-0.3, -0.25) is 9.59 Å². The van der Waals surface area contributed by atoms with Crippen molar-refractivity contribution in [2.75, 3.05) is 26.9 Å². The Hall–Kier alpha value is -3.34. The average molecular weight is 568 g/mol. The monoisotopic (exact) mass is 567 g/mol. The van der Waals surface area contributed by atoms with E-state index < -0.39 is 30.4 Å². The summed E-state index contributed by atoms with van der Waals surface area (Å²) >= 11 is 0. The Morgan fingerprint density at radius 1 is 0.800 bits per heavy atom. The van der Waals surface area contributed by atoms with Crippen LogP contribution in [0, 0.1) is 5.92 Å². The summed E-state index contributed by atoms with van der Waals surface area (Å²) in [6, 6.07) is 3.75. The molecule has 0 saturated carbocycles. The molecular formula is C29H45NO10. The van der Waals surface area contributed by atoms with Crippen LogP contribution in [0.4, 0.5) is 9.59 Å². The van der Waals surface area contributed by atoms with Gasteiger partial charge in [0.1, 0.15) is 12.1 Å². The van der Waals surface area contributed by atoms with E-state index in [1.807, 2.05) is 13.8 Å². The minimum atomic E-state index is -0.946. The summed E-state index contributed by atoms with van der Waals surface area (Å²) in [6.45, 7) is 9.86. The van der Waals surface area contributed by atoms with Crippen LogP contribution in [0.1, 0.15) is 78.7 Å². The third-order valence-electron chi connectivity index (χ3n) is 5.70. The van der Waals surface area contributed by atoms with Gasteiger partial charge in [-0.05, 0) is 43.9 Å². The number of unbranched alkanes of at least 4 members (excludes halogenated alkanes) is 4. The van der Waals surface area contributed by atoms with Crippen LogP contribution in [0.3, 0.4) is 0 Å². The van der Waals surface area contributed by atoms with Gasteiger partial charge >= 0.3 is 24.2 Å². The Balaban J connectivity index is 3.02. The van der Waals surface area contributed by atoms with Crippen molar-refractivity contribution >= 4 is 24.2 Å². The maximum atomic E-state index is 12.5. The highest BCUT2D eigenvalue weighted by atomic mass is 16.7. The maximum Gasteiger partial charge on any atom is 0.513 e. The van der Waals surface area contributed by atoms with Gasteiger partial charge in [0.05, 0.1) is 26.2 Å². The van der Waals surface area contributed by atoms with Crippen molar-refractivity contribution in [2.24, 2.45) is 5.92 Å². The summed E-state index contributed by atoms with van der Waals surface area (Å²) in [7, 11) is 1.27. The molecule has 11 nitrogen and oxygen atoms in total. The first-order chi connectivity index (χ1) is 19.1. The van der Waals surface area contributed by atoms with Crippen molar-refractivity contribution in [1.82, 2.24) is 5.32 Å². The van der Waals surface area contributed by atoms with Crippen LogP contribution in [0.25, 0.3) is 0 Å². The molecular weight excluding hydrogens is 522 g/mol. The Bertz CT molecular complexity index is 933. The van der Waals surface area contributed by atoms with Crippen LogP contribution in [-0.2, 0) is 35.0 Å². The first-order valence-electron chi connectivity index (χ1n) is 13.9. The van der Waals surface area contributed by atoms with E-state index in [9.17, 15) is 19.2 Å². The molecule has 0 amide bonds. The normalized spacial score (nSPS) is 12.3. The second kappa shape index (κ2) is 19.7. The van der Waals surface area contributed by atoms with E-state index in [0.717, 1.165) is 25.7 Å². The minimum absolute atomic E-state index is 0.0356. The molecule has 1 N–H and O–H groups in total. The van der Waals surface area contributed by atoms with Gasteiger partial charge < -0.3 is 33.7 Å². The summed E-state index contributed by atoms with van der Waals surface area (Å²) in [6.07, 6.45) is 2.93. The van der Waals surface area contributed by atoms with Crippen LogP contribution < -0.4 is 14.8 Å². The SMILES string of the molecule is CCCCCOC(=O)Oc1ccc(C[C@H](NCC(C)OC(=O)C(C)C)C(=O)OC)cc1OC(=O)OCCCCC. The molecule has 1 unspecified atom stereocenters. The van der Waals surface area contributed by atoms with Gasteiger partial charge in [-0.1, -0.05) is 59.4 Å². The molecule has 0 aliphatic rings. The van der Waals surface area contributed by atoms with E-state index in [1.54, 1.807) is 26.8 Å². The van der Waals surface area contributed by atoms with Gasteiger partial charge in [-0.25, -0.2) is 9.59 Å². The second-order valence-electron chi connectivity index (χ2n) is 9.69. The highest BCUT2D eigenvalue weighted by Gasteiger charge is 2.23. The number of methoxy groups -OCH3 is 1. The summed E-state index contributed by atoms with van der Waals surface area (Å²) in [5.41, 5.74) is 0.576. The van der Waals surface area contributed by atoms with Crippen molar-refractivity contribution in [3.05, 3.63) is 23.8 Å². The molecule has 0 aromatic heterocycles. The first kappa shape index (κ1) is 34.7. The second-order valence-corrected chi connectivity index (χ2v) is 9.69. The highest BCUT2D eigenvalue weighted by molar-refractivity contribution is 5.76. The Labute approximate surface area is 237 Å². The molecule has 0 saturated heterocycles. The lowest BCUT2D eigenvalue weighted by molar-refractivity contribution is -0.152. The molecule has 0 bridgehead atoms. The maximum absolute atomic E-state index is 12.5. The molecule has 0 radical (unpaired) electrons. The van der Waals surface area contributed by atoms with Crippen molar-refractivity contribution in [1.29, 1.82) is 0 Å². The van der Waals surface area contributed by atoms with Crippen LogP contribution >= 0.6 is 0 Å². The lowest BCUT2D eigenvalue weighted by Crippen LogP contribution is -2.43. The van der Waals surface area contributed by atoms with Gasteiger partial charge in [-0.2, -0.15) is 0 Å². The van der Waals surface area contributed by atoms with Gasteiger partial charge in [0.2, 0.25) is 0 Å². The Morgan fingerprint density at radius 3 is 1.90 bits per heavy atom. The van der Waals surface area contributed by atoms with Crippen molar-refractivity contribution < 1.29 is 47.6 Å². The summed E-state index contributed by atoms with van der Waals surface area (Å²) < 4.78 is 31.1. The largest absolute Gasteiger partial charge is 0.513 e. The molecule has 1 aromatic rings. The molecule has 0 aliphatic carbocycles. The minimum Gasteiger partial charge on any atom is -0.468 e. The highest BCUT2D eigenvalue weighted by Crippen LogP contribution is 2.30. The van der Waals surface area contributed by atoms with E-state index in [-0.39, 0.29) is 49.6 Å². The van der Waals surface area contributed by atoms with Crippen LogP contribution in [0.5, 0.6) is 11.5 Å². The number of carbonyl (C=O) groups excluding carboxylic acids is 4. The molecule has 0 aliphatic heterocycles. The van der Waals surface area contributed by atoms with Crippen LogP contribution in [0.15, 0.2) is 18.2 Å². The van der Waals surface area contributed by atoms with E-state index in [4.69, 9.17) is 28.4 Å². The number of esters is 2. The number of hydrogen-bond acceptors (Lipinski definition) is 11. The average Bonchev–Trinajstić information content (AvgIpc) is 2.92. The Morgan fingerprint density at radius 2 is 1.38 bits per heavy atom. The number of nitrogens with one attached hydrogen (secondary N) is 1. The predicted octanol–water partition coefficient (Wildman–Crippen LogP) is 5.36. The van der Waals surface area contributed by atoms with Gasteiger partial charge in [0.15, 0.2) is 11.5 Å². The molecule has 226 valence electrons. The molecule has 11 heteroatoms. The van der Waals surface area contributed by atoms with Crippen LogP contribution in [0.2, 0.25) is 0 Å². The molecule has 0 fully saturated rings. The number of ether oxygens (including phenoxy) is 6. The van der Waals surface area contributed by atoms with Gasteiger partial charge in [0, 0.05) is 6.54 Å². The fourth-order valence-corrected chi connectivity index (χ4v) is 3.40. The third-order valence-corrected chi connectivity index (χ3v) is 5.70. The first-order valence-corrected chi connectivity index (χ1v) is 13.9. The van der Waals surface area contributed by atoms with E-state index in [2.05, 4.69) is 5.32 Å². The molecule has 40 heavy (non-hydrogen) atoms. The molecule has 1 aromatic carbocycles.